The van der Waals surface area contributed by atoms with Gasteiger partial charge in [-0.15, -0.1) is 0 Å². The van der Waals surface area contributed by atoms with Gasteiger partial charge in [0.1, 0.15) is 0 Å². The first-order chi connectivity index (χ1) is 8.83. The molecule has 2 aliphatic heterocycles. The van der Waals surface area contributed by atoms with Gasteiger partial charge in [-0.2, -0.15) is 4.98 Å². The Balaban J connectivity index is 1.68. The van der Waals surface area contributed by atoms with E-state index >= 15 is 0 Å². The highest BCUT2D eigenvalue weighted by molar-refractivity contribution is 5.28. The second kappa shape index (κ2) is 5.24. The maximum Gasteiger partial charge on any atom is 0.266 e. The Labute approximate surface area is 107 Å². The van der Waals surface area contributed by atoms with Crippen LogP contribution in [0.1, 0.15) is 31.7 Å². The van der Waals surface area contributed by atoms with Crippen molar-refractivity contribution < 1.29 is 9.26 Å². The average Bonchev–Trinajstić information content (AvgIpc) is 2.89. The van der Waals surface area contributed by atoms with Crippen LogP contribution in [0.2, 0.25) is 0 Å². The maximum absolute atomic E-state index is 5.40. The fraction of sp³-hybridized carbons (Fsp3) is 0.833. The molecule has 0 spiro atoms. The highest BCUT2D eigenvalue weighted by Gasteiger charge is 2.26. The van der Waals surface area contributed by atoms with Crippen molar-refractivity contribution in [3.8, 4) is 0 Å². The molecule has 0 amide bonds. The summed E-state index contributed by atoms with van der Waals surface area (Å²) < 4.78 is 10.7. The summed E-state index contributed by atoms with van der Waals surface area (Å²) in [6.45, 7) is 6.46. The largest absolute Gasteiger partial charge is 0.378 e. The lowest BCUT2D eigenvalue weighted by atomic mass is 9.94. The third kappa shape index (κ3) is 2.49. The van der Waals surface area contributed by atoms with E-state index in [0.29, 0.717) is 5.95 Å². The van der Waals surface area contributed by atoms with Crippen LogP contribution in [0.15, 0.2) is 4.52 Å². The van der Waals surface area contributed by atoms with E-state index in [4.69, 9.17) is 9.26 Å². The number of aromatic nitrogens is 2. The number of nitrogens with zero attached hydrogens (tertiary/aromatic N) is 3. The van der Waals surface area contributed by atoms with E-state index < -0.39 is 0 Å². The first-order valence-electron chi connectivity index (χ1n) is 6.72. The number of morpholine rings is 1. The molecule has 1 N–H and O–H groups in total. The van der Waals surface area contributed by atoms with E-state index in [-0.39, 0.29) is 6.04 Å². The van der Waals surface area contributed by atoms with Crippen LogP contribution in [0.25, 0.3) is 0 Å². The summed E-state index contributed by atoms with van der Waals surface area (Å²) in [5, 5.41) is 7.53. The van der Waals surface area contributed by atoms with Crippen LogP contribution in [0.4, 0.5) is 5.95 Å². The molecule has 3 rings (SSSR count). The predicted molar refractivity (Wildman–Crippen MR) is 66.5 cm³/mol. The lowest BCUT2D eigenvalue weighted by Crippen LogP contribution is -2.37. The molecule has 6 heteroatoms. The van der Waals surface area contributed by atoms with Gasteiger partial charge in [-0.25, -0.2) is 0 Å². The van der Waals surface area contributed by atoms with Crippen molar-refractivity contribution >= 4 is 5.95 Å². The molecule has 0 aromatic carbocycles. The lowest BCUT2D eigenvalue weighted by molar-refractivity contribution is 0.121. The van der Waals surface area contributed by atoms with Gasteiger partial charge in [0.05, 0.1) is 19.3 Å². The van der Waals surface area contributed by atoms with Gasteiger partial charge in [-0.1, -0.05) is 6.92 Å². The first kappa shape index (κ1) is 11.9. The molecule has 100 valence electrons. The van der Waals surface area contributed by atoms with Gasteiger partial charge in [0, 0.05) is 13.1 Å². The Hall–Kier alpha value is -1.14. The third-order valence-electron chi connectivity index (χ3n) is 3.69. The van der Waals surface area contributed by atoms with Crippen LogP contribution in [0, 0.1) is 5.92 Å². The summed E-state index contributed by atoms with van der Waals surface area (Å²) in [7, 11) is 0. The smallest absolute Gasteiger partial charge is 0.266 e. The molecule has 6 nitrogen and oxygen atoms in total. The number of piperidine rings is 1. The Bertz CT molecular complexity index is 389. The van der Waals surface area contributed by atoms with Crippen molar-refractivity contribution in [2.24, 2.45) is 5.92 Å². The molecule has 1 aromatic heterocycles. The van der Waals surface area contributed by atoms with Gasteiger partial charge in [0.15, 0.2) is 0 Å². The van der Waals surface area contributed by atoms with Crippen molar-refractivity contribution in [3.05, 3.63) is 5.89 Å². The minimum Gasteiger partial charge on any atom is -0.378 e. The van der Waals surface area contributed by atoms with E-state index in [0.717, 1.165) is 51.1 Å². The molecule has 1 aromatic rings. The second-order valence-electron chi connectivity index (χ2n) is 5.17. The fourth-order valence-corrected chi connectivity index (χ4v) is 2.56. The van der Waals surface area contributed by atoms with E-state index in [1.54, 1.807) is 0 Å². The SMILES string of the molecule is CC1CCNC(c2nc(N3CCOCC3)no2)C1. The third-order valence-corrected chi connectivity index (χ3v) is 3.69. The van der Waals surface area contributed by atoms with Gasteiger partial charge in [0.25, 0.3) is 5.95 Å². The van der Waals surface area contributed by atoms with Crippen LogP contribution in [-0.4, -0.2) is 43.0 Å². The second-order valence-corrected chi connectivity index (χ2v) is 5.17. The number of anilines is 1. The summed E-state index contributed by atoms with van der Waals surface area (Å²) in [5.74, 6) is 2.14. The molecular weight excluding hydrogens is 232 g/mol. The van der Waals surface area contributed by atoms with Crippen LogP contribution in [0.5, 0.6) is 0 Å². The number of hydrogen-bond acceptors (Lipinski definition) is 6. The first-order valence-corrected chi connectivity index (χ1v) is 6.72. The van der Waals surface area contributed by atoms with Crippen molar-refractivity contribution in [3.63, 3.8) is 0 Å². The van der Waals surface area contributed by atoms with Crippen molar-refractivity contribution in [1.29, 1.82) is 0 Å². The maximum atomic E-state index is 5.40. The van der Waals surface area contributed by atoms with Gasteiger partial charge in [-0.05, 0) is 30.5 Å². The van der Waals surface area contributed by atoms with Crippen LogP contribution in [-0.2, 0) is 4.74 Å². The predicted octanol–water partition coefficient (Wildman–Crippen LogP) is 0.967. The Kier molecular flexibility index (Phi) is 3.47. The van der Waals surface area contributed by atoms with Gasteiger partial charge in [0.2, 0.25) is 5.89 Å². The van der Waals surface area contributed by atoms with Crippen molar-refractivity contribution in [1.82, 2.24) is 15.5 Å². The summed E-state index contributed by atoms with van der Waals surface area (Å²) in [6.07, 6.45) is 2.30. The van der Waals surface area contributed by atoms with E-state index in [2.05, 4.69) is 27.3 Å². The van der Waals surface area contributed by atoms with Gasteiger partial charge in [-0.3, -0.25) is 0 Å². The molecule has 3 heterocycles. The molecule has 2 atom stereocenters. The fourth-order valence-electron chi connectivity index (χ4n) is 2.56. The van der Waals surface area contributed by atoms with E-state index in [1.165, 1.54) is 6.42 Å². The minimum atomic E-state index is 0.219. The number of nitrogens with one attached hydrogen (secondary N) is 1. The summed E-state index contributed by atoms with van der Waals surface area (Å²) in [5.41, 5.74) is 0. The minimum absolute atomic E-state index is 0.219. The summed E-state index contributed by atoms with van der Waals surface area (Å²) in [6, 6.07) is 0.219. The van der Waals surface area contributed by atoms with Crippen LogP contribution >= 0.6 is 0 Å². The van der Waals surface area contributed by atoms with Gasteiger partial charge < -0.3 is 19.5 Å². The zero-order valence-corrected chi connectivity index (χ0v) is 10.8. The Morgan fingerprint density at radius 2 is 2.17 bits per heavy atom. The molecule has 0 bridgehead atoms. The van der Waals surface area contributed by atoms with Crippen LogP contribution in [0.3, 0.4) is 0 Å². The zero-order chi connectivity index (χ0) is 12.4. The molecule has 2 aliphatic rings. The summed E-state index contributed by atoms with van der Waals surface area (Å²) >= 11 is 0. The zero-order valence-electron chi connectivity index (χ0n) is 10.8. The average molecular weight is 252 g/mol. The van der Waals surface area contributed by atoms with Gasteiger partial charge >= 0.3 is 0 Å². The quantitative estimate of drug-likeness (QED) is 0.846. The number of ether oxygens (including phenoxy) is 1. The Morgan fingerprint density at radius 1 is 1.33 bits per heavy atom. The number of hydrogen-bond donors (Lipinski definition) is 1. The number of rotatable bonds is 2. The summed E-state index contributed by atoms with van der Waals surface area (Å²) in [4.78, 5) is 6.64. The lowest BCUT2D eigenvalue weighted by Gasteiger charge is -2.26. The molecule has 0 aliphatic carbocycles. The highest BCUT2D eigenvalue weighted by Crippen LogP contribution is 2.26. The normalized spacial score (nSPS) is 29.5. The molecular formula is C12H20N4O2. The monoisotopic (exact) mass is 252 g/mol. The molecule has 2 fully saturated rings. The molecule has 0 saturated carbocycles. The Morgan fingerprint density at radius 3 is 2.94 bits per heavy atom. The van der Waals surface area contributed by atoms with E-state index in [1.807, 2.05) is 0 Å². The van der Waals surface area contributed by atoms with E-state index in [9.17, 15) is 0 Å². The highest BCUT2D eigenvalue weighted by atomic mass is 16.5. The molecule has 0 radical (unpaired) electrons. The standard InChI is InChI=1S/C12H20N4O2/c1-9-2-3-13-10(8-9)11-14-12(15-18-11)16-4-6-17-7-5-16/h9-10,13H,2-8H2,1H3. The molecule has 18 heavy (non-hydrogen) atoms. The topological polar surface area (TPSA) is 63.4 Å². The van der Waals surface area contributed by atoms with Crippen molar-refractivity contribution in [2.45, 2.75) is 25.8 Å². The van der Waals surface area contributed by atoms with Crippen LogP contribution < -0.4 is 10.2 Å². The molecule has 2 unspecified atom stereocenters. The molecule has 2 saturated heterocycles. The van der Waals surface area contributed by atoms with Crippen molar-refractivity contribution in [2.75, 3.05) is 37.7 Å².